The summed E-state index contributed by atoms with van der Waals surface area (Å²) in [5, 5.41) is 3.03. The molecule has 0 saturated carbocycles. The minimum Gasteiger partial charge on any atom is -0.382 e. The number of amides is 2. The van der Waals surface area contributed by atoms with E-state index < -0.39 is 0 Å². The first-order valence-electron chi connectivity index (χ1n) is 11.7. The number of piperidine rings is 1. The molecule has 0 aliphatic carbocycles. The minimum atomic E-state index is 0.0839. The van der Waals surface area contributed by atoms with Crippen LogP contribution in [0.4, 0.5) is 10.6 Å². The van der Waals surface area contributed by atoms with Gasteiger partial charge < -0.3 is 25.3 Å². The van der Waals surface area contributed by atoms with Gasteiger partial charge in [0, 0.05) is 38.5 Å². The highest BCUT2D eigenvalue weighted by atomic mass is 16.5. The van der Waals surface area contributed by atoms with Crippen molar-refractivity contribution in [2.45, 2.75) is 73.0 Å². The Morgan fingerprint density at radius 1 is 1.23 bits per heavy atom. The molecule has 2 aromatic heterocycles. The average Bonchev–Trinajstić information content (AvgIpc) is 3.14. The fraction of sp³-hybridized carbons (Fsp3) is 0.696. The van der Waals surface area contributed by atoms with Crippen LogP contribution in [0.3, 0.4) is 0 Å². The van der Waals surface area contributed by atoms with E-state index in [4.69, 9.17) is 15.5 Å². The number of rotatable bonds is 9. The number of carbonyl (C=O) groups is 1. The zero-order valence-corrected chi connectivity index (χ0v) is 19.5. The third-order valence-electron chi connectivity index (χ3n) is 6.38. The Balaban J connectivity index is 1.66. The summed E-state index contributed by atoms with van der Waals surface area (Å²) in [6.45, 7) is 12.6. The average molecular weight is 431 g/mol. The second-order valence-electron chi connectivity index (χ2n) is 8.53. The Kier molecular flexibility index (Phi) is 8.12. The van der Waals surface area contributed by atoms with Crippen molar-refractivity contribution in [3.63, 3.8) is 0 Å². The number of imidazole rings is 1. The number of hydrogen-bond acceptors (Lipinski definition) is 5. The monoisotopic (exact) mass is 430 g/mol. The normalized spacial score (nSPS) is 15.0. The van der Waals surface area contributed by atoms with Crippen molar-refractivity contribution in [2.24, 2.45) is 5.92 Å². The van der Waals surface area contributed by atoms with Gasteiger partial charge in [-0.15, -0.1) is 0 Å². The number of urea groups is 1. The van der Waals surface area contributed by atoms with Crippen LogP contribution in [0.5, 0.6) is 0 Å². The highest BCUT2D eigenvalue weighted by Gasteiger charge is 2.24. The molecule has 2 amide bonds. The van der Waals surface area contributed by atoms with E-state index >= 15 is 0 Å². The fourth-order valence-corrected chi connectivity index (χ4v) is 4.31. The third kappa shape index (κ3) is 5.47. The Morgan fingerprint density at radius 2 is 1.97 bits per heavy atom. The van der Waals surface area contributed by atoms with Crippen LogP contribution in [-0.2, 0) is 17.9 Å². The summed E-state index contributed by atoms with van der Waals surface area (Å²) in [5.41, 5.74) is 10.1. The zero-order valence-electron chi connectivity index (χ0n) is 19.5. The second-order valence-corrected chi connectivity index (χ2v) is 8.53. The summed E-state index contributed by atoms with van der Waals surface area (Å²) in [5.74, 6) is 1.99. The van der Waals surface area contributed by atoms with E-state index in [9.17, 15) is 4.79 Å². The first-order chi connectivity index (χ1) is 15.0. The van der Waals surface area contributed by atoms with Gasteiger partial charge >= 0.3 is 6.03 Å². The number of aryl methyl sites for hydroxylation is 3. The van der Waals surface area contributed by atoms with E-state index in [0.29, 0.717) is 24.9 Å². The lowest BCUT2D eigenvalue weighted by Crippen LogP contribution is -2.44. The van der Waals surface area contributed by atoms with Crippen LogP contribution in [0, 0.1) is 19.8 Å². The first-order valence-corrected chi connectivity index (χ1v) is 11.7. The van der Waals surface area contributed by atoms with Crippen molar-refractivity contribution >= 4 is 22.9 Å². The summed E-state index contributed by atoms with van der Waals surface area (Å²) in [4.78, 5) is 23.5. The topological polar surface area (TPSA) is 98.3 Å². The van der Waals surface area contributed by atoms with E-state index in [1.807, 2.05) is 18.7 Å². The molecule has 1 aliphatic heterocycles. The number of pyridine rings is 1. The predicted molar refractivity (Wildman–Crippen MR) is 124 cm³/mol. The lowest BCUT2D eigenvalue weighted by Gasteiger charge is -2.32. The molecule has 1 aliphatic rings. The number of nitrogen functional groups attached to an aromatic ring is 1. The molecule has 3 rings (SSSR count). The number of aromatic nitrogens is 3. The number of hydrogen-bond donors (Lipinski definition) is 2. The van der Waals surface area contributed by atoms with Crippen molar-refractivity contribution in [2.75, 3.05) is 32.0 Å². The maximum atomic E-state index is 12.3. The molecular weight excluding hydrogens is 392 g/mol. The van der Waals surface area contributed by atoms with Gasteiger partial charge in [0.15, 0.2) is 5.82 Å². The molecule has 8 nitrogen and oxygen atoms in total. The van der Waals surface area contributed by atoms with Crippen LogP contribution in [-0.4, -0.2) is 51.7 Å². The number of unbranched alkanes of at least 4 members (excludes halogenated alkanes) is 1. The Labute approximate surface area is 185 Å². The molecule has 1 saturated heterocycles. The Hall–Kier alpha value is -2.35. The largest absolute Gasteiger partial charge is 0.382 e. The summed E-state index contributed by atoms with van der Waals surface area (Å²) in [7, 11) is 0. The van der Waals surface area contributed by atoms with Gasteiger partial charge in [0.25, 0.3) is 0 Å². The Bertz CT molecular complexity index is 886. The molecule has 0 atom stereocenters. The van der Waals surface area contributed by atoms with Gasteiger partial charge in [-0.2, -0.15) is 0 Å². The summed E-state index contributed by atoms with van der Waals surface area (Å²) in [6, 6.07) is 0.0839. The van der Waals surface area contributed by atoms with Gasteiger partial charge in [0.05, 0.1) is 5.52 Å². The van der Waals surface area contributed by atoms with E-state index in [2.05, 4.69) is 28.7 Å². The lowest BCUT2D eigenvalue weighted by molar-refractivity contribution is 0.125. The van der Waals surface area contributed by atoms with Crippen LogP contribution in [0.2, 0.25) is 0 Å². The fourth-order valence-electron chi connectivity index (χ4n) is 4.31. The second kappa shape index (κ2) is 10.8. The van der Waals surface area contributed by atoms with Crippen LogP contribution in [0.25, 0.3) is 11.0 Å². The highest BCUT2D eigenvalue weighted by Crippen LogP contribution is 2.28. The molecule has 0 spiro atoms. The van der Waals surface area contributed by atoms with Gasteiger partial charge in [0.1, 0.15) is 17.9 Å². The molecule has 8 heteroatoms. The van der Waals surface area contributed by atoms with E-state index in [0.717, 1.165) is 86.4 Å². The number of nitrogens with zero attached hydrogens (tertiary/aromatic N) is 4. The number of ether oxygens (including phenoxy) is 1. The maximum absolute atomic E-state index is 12.3. The van der Waals surface area contributed by atoms with Crippen molar-refractivity contribution < 1.29 is 9.53 Å². The highest BCUT2D eigenvalue weighted by molar-refractivity contribution is 5.88. The number of anilines is 1. The maximum Gasteiger partial charge on any atom is 0.317 e. The number of carbonyl (C=O) groups excluding carboxylic acids is 1. The van der Waals surface area contributed by atoms with Crippen molar-refractivity contribution in [1.82, 2.24) is 24.8 Å². The van der Waals surface area contributed by atoms with Gasteiger partial charge in [0.2, 0.25) is 0 Å². The molecule has 2 aromatic rings. The molecule has 0 radical (unpaired) electrons. The summed E-state index contributed by atoms with van der Waals surface area (Å²) >= 11 is 0. The number of nitrogens with one attached hydrogen (secondary N) is 1. The molecule has 1 fully saturated rings. The SMILES string of the molecule is CCCCNC(=O)N1CCC(CCn2c(COCC)nc3c(N)nc(C)c(C)c32)CC1. The third-order valence-corrected chi connectivity index (χ3v) is 6.38. The van der Waals surface area contributed by atoms with Crippen LogP contribution in [0.1, 0.15) is 63.0 Å². The van der Waals surface area contributed by atoms with Crippen LogP contribution in [0.15, 0.2) is 0 Å². The van der Waals surface area contributed by atoms with Gasteiger partial charge in [-0.3, -0.25) is 0 Å². The van der Waals surface area contributed by atoms with E-state index in [1.54, 1.807) is 0 Å². The number of likely N-dealkylation sites (tertiary alicyclic amines) is 1. The van der Waals surface area contributed by atoms with Crippen molar-refractivity contribution in [3.05, 3.63) is 17.1 Å². The first kappa shape index (κ1) is 23.3. The van der Waals surface area contributed by atoms with E-state index in [-0.39, 0.29) is 6.03 Å². The molecule has 0 bridgehead atoms. The molecule has 172 valence electrons. The summed E-state index contributed by atoms with van der Waals surface area (Å²) in [6.07, 6.45) is 5.25. The standard InChI is InChI=1S/C23H38N6O2/c1-5-7-11-25-23(30)28-12-8-18(9-13-28)10-14-29-19(15-31-6-2)27-20-21(29)16(3)17(4)26-22(20)24/h18H,5-15H2,1-4H3,(H2,24,26)(H,25,30). The molecule has 0 unspecified atom stereocenters. The lowest BCUT2D eigenvalue weighted by atomic mass is 9.93. The van der Waals surface area contributed by atoms with Gasteiger partial charge in [-0.1, -0.05) is 13.3 Å². The molecule has 0 aromatic carbocycles. The minimum absolute atomic E-state index is 0.0839. The van der Waals surface area contributed by atoms with Crippen LogP contribution >= 0.6 is 0 Å². The smallest absolute Gasteiger partial charge is 0.317 e. The van der Waals surface area contributed by atoms with Crippen molar-refractivity contribution in [1.29, 1.82) is 0 Å². The zero-order chi connectivity index (χ0) is 22.4. The predicted octanol–water partition coefficient (Wildman–Crippen LogP) is 3.78. The molecule has 31 heavy (non-hydrogen) atoms. The molecule has 3 N–H and O–H groups in total. The quantitative estimate of drug-likeness (QED) is 0.590. The summed E-state index contributed by atoms with van der Waals surface area (Å²) < 4.78 is 7.95. The molecule has 3 heterocycles. The van der Waals surface area contributed by atoms with Crippen molar-refractivity contribution in [3.8, 4) is 0 Å². The van der Waals surface area contributed by atoms with Gasteiger partial charge in [-0.05, 0) is 57.9 Å². The number of fused-ring (bicyclic) bond motifs is 1. The van der Waals surface area contributed by atoms with E-state index in [1.165, 1.54) is 0 Å². The van der Waals surface area contributed by atoms with Gasteiger partial charge in [-0.25, -0.2) is 14.8 Å². The Morgan fingerprint density at radius 3 is 2.65 bits per heavy atom. The molecular formula is C23H38N6O2. The number of nitrogens with two attached hydrogens (primary N) is 1. The van der Waals surface area contributed by atoms with Crippen LogP contribution < -0.4 is 11.1 Å².